The summed E-state index contributed by atoms with van der Waals surface area (Å²) in [6, 6.07) is 5.44. The van der Waals surface area contributed by atoms with Crippen LogP contribution in [0.3, 0.4) is 0 Å². The van der Waals surface area contributed by atoms with E-state index in [4.69, 9.17) is 16.7 Å². The number of halogens is 1. The molecule has 0 saturated carbocycles. The molecule has 0 fully saturated rings. The minimum Gasteiger partial charge on any atom is -0.368 e. The molecule has 6 nitrogen and oxygen atoms in total. The summed E-state index contributed by atoms with van der Waals surface area (Å²) in [5, 5.41) is 8.60. The van der Waals surface area contributed by atoms with Crippen molar-refractivity contribution in [3.8, 4) is 6.07 Å². The maximum absolute atomic E-state index is 13.7. The second kappa shape index (κ2) is 5.63. The summed E-state index contributed by atoms with van der Waals surface area (Å²) in [7, 11) is 0. The number of primary amides is 2. The molecule has 94 valence electrons. The molecule has 0 aliphatic heterocycles. The summed E-state index contributed by atoms with van der Waals surface area (Å²) in [4.78, 5) is 22.8. The minimum absolute atomic E-state index is 0.00778. The second-order valence-electron chi connectivity index (χ2n) is 3.57. The molecule has 0 aliphatic rings. The highest BCUT2D eigenvalue weighted by atomic mass is 19.1. The number of benzene rings is 1. The molecule has 1 rings (SSSR count). The molecule has 0 spiro atoms. The summed E-state index contributed by atoms with van der Waals surface area (Å²) < 4.78 is 13.7. The third-order valence-electron chi connectivity index (χ3n) is 2.11. The Morgan fingerprint density at radius 1 is 1.28 bits per heavy atom. The summed E-state index contributed by atoms with van der Waals surface area (Å²) in [5.74, 6) is -2.17. The first kappa shape index (κ1) is 13.4. The first-order valence-corrected chi connectivity index (χ1v) is 4.95. The number of nitrogens with two attached hydrogens (primary N) is 2. The zero-order valence-corrected chi connectivity index (χ0v) is 9.39. The number of hydrogen-bond donors (Lipinski definition) is 2. The van der Waals surface area contributed by atoms with Crippen molar-refractivity contribution in [3.05, 3.63) is 29.6 Å². The number of hydrogen-bond acceptors (Lipinski definition) is 4. The van der Waals surface area contributed by atoms with Crippen molar-refractivity contribution in [2.24, 2.45) is 11.5 Å². The van der Waals surface area contributed by atoms with E-state index in [-0.39, 0.29) is 24.3 Å². The number of rotatable bonds is 5. The molecule has 7 heteroatoms. The maximum Gasteiger partial charge on any atom is 0.236 e. The van der Waals surface area contributed by atoms with E-state index in [0.29, 0.717) is 0 Å². The Balaban J connectivity index is 3.08. The highest BCUT2D eigenvalue weighted by Gasteiger charge is 2.16. The van der Waals surface area contributed by atoms with Gasteiger partial charge in [-0.2, -0.15) is 5.26 Å². The highest BCUT2D eigenvalue weighted by molar-refractivity contribution is 5.84. The van der Waals surface area contributed by atoms with Crippen molar-refractivity contribution in [3.63, 3.8) is 0 Å². The van der Waals surface area contributed by atoms with Gasteiger partial charge in [0.2, 0.25) is 11.8 Å². The molecule has 0 saturated heterocycles. The lowest BCUT2D eigenvalue weighted by Gasteiger charge is -2.22. The zero-order valence-electron chi connectivity index (χ0n) is 9.39. The Morgan fingerprint density at radius 3 is 2.22 bits per heavy atom. The van der Waals surface area contributed by atoms with Gasteiger partial charge in [-0.3, -0.25) is 9.59 Å². The lowest BCUT2D eigenvalue weighted by molar-refractivity contribution is -0.117. The fourth-order valence-electron chi connectivity index (χ4n) is 1.44. The lowest BCUT2D eigenvalue weighted by atomic mass is 10.2. The fraction of sp³-hybridized carbons (Fsp3) is 0.182. The van der Waals surface area contributed by atoms with E-state index >= 15 is 0 Å². The molecular weight excluding hydrogens is 239 g/mol. The number of amides is 2. The van der Waals surface area contributed by atoms with Crippen LogP contribution in [0.2, 0.25) is 0 Å². The first-order valence-electron chi connectivity index (χ1n) is 4.95. The van der Waals surface area contributed by atoms with E-state index in [1.807, 2.05) is 0 Å². The topological polar surface area (TPSA) is 113 Å². The van der Waals surface area contributed by atoms with Gasteiger partial charge in [0.25, 0.3) is 0 Å². The summed E-state index contributed by atoms with van der Waals surface area (Å²) in [6.07, 6.45) is 0. The van der Waals surface area contributed by atoms with Crippen LogP contribution in [-0.2, 0) is 9.59 Å². The maximum atomic E-state index is 13.7. The Labute approximate surface area is 103 Å². The Hall–Kier alpha value is -2.62. The van der Waals surface area contributed by atoms with Gasteiger partial charge < -0.3 is 16.4 Å². The molecule has 4 N–H and O–H groups in total. The van der Waals surface area contributed by atoms with E-state index in [0.717, 1.165) is 11.0 Å². The third kappa shape index (κ3) is 3.45. The van der Waals surface area contributed by atoms with Crippen molar-refractivity contribution < 1.29 is 14.0 Å². The Bertz CT molecular complexity index is 508. The molecule has 1 aromatic carbocycles. The molecule has 2 amide bonds. The number of anilines is 1. The number of carbonyl (C=O) groups excluding carboxylic acids is 2. The van der Waals surface area contributed by atoms with Crippen molar-refractivity contribution in [2.75, 3.05) is 18.0 Å². The van der Waals surface area contributed by atoms with Crippen LogP contribution >= 0.6 is 0 Å². The smallest absolute Gasteiger partial charge is 0.236 e. The Morgan fingerprint density at radius 2 is 1.83 bits per heavy atom. The molecule has 0 heterocycles. The van der Waals surface area contributed by atoms with E-state index in [9.17, 15) is 14.0 Å². The van der Waals surface area contributed by atoms with Crippen LogP contribution in [0.15, 0.2) is 18.2 Å². The van der Waals surface area contributed by atoms with Crippen molar-refractivity contribution in [2.45, 2.75) is 0 Å². The summed E-state index contributed by atoms with van der Waals surface area (Å²) in [5.41, 5.74) is 10.1. The quantitative estimate of drug-likeness (QED) is 0.731. The molecule has 0 bridgehead atoms. The number of nitrogens with zero attached hydrogens (tertiary/aromatic N) is 2. The van der Waals surface area contributed by atoms with Crippen LogP contribution in [0.1, 0.15) is 5.56 Å². The van der Waals surface area contributed by atoms with E-state index < -0.39 is 17.6 Å². The minimum atomic E-state index is -0.725. The van der Waals surface area contributed by atoms with Crippen molar-refractivity contribution in [1.29, 1.82) is 5.26 Å². The molecule has 0 aromatic heterocycles. The normalized spacial score (nSPS) is 9.56. The highest BCUT2D eigenvalue weighted by Crippen LogP contribution is 2.19. The number of nitriles is 1. The van der Waals surface area contributed by atoms with Gasteiger partial charge in [0.1, 0.15) is 5.82 Å². The van der Waals surface area contributed by atoms with Crippen LogP contribution in [0, 0.1) is 17.1 Å². The molecule has 0 unspecified atom stereocenters. The van der Waals surface area contributed by atoms with Gasteiger partial charge in [-0.1, -0.05) is 0 Å². The summed E-state index contributed by atoms with van der Waals surface area (Å²) in [6.45, 7) is -0.683. The summed E-state index contributed by atoms with van der Waals surface area (Å²) >= 11 is 0. The van der Waals surface area contributed by atoms with Crippen LogP contribution in [-0.4, -0.2) is 24.9 Å². The molecule has 0 aliphatic carbocycles. The molecule has 0 atom stereocenters. The average molecular weight is 250 g/mol. The molecule has 18 heavy (non-hydrogen) atoms. The first-order chi connectivity index (χ1) is 8.43. The molecule has 0 radical (unpaired) electrons. The van der Waals surface area contributed by atoms with Gasteiger partial charge in [-0.15, -0.1) is 0 Å². The van der Waals surface area contributed by atoms with Crippen LogP contribution in [0.5, 0.6) is 0 Å². The van der Waals surface area contributed by atoms with Crippen LogP contribution in [0.25, 0.3) is 0 Å². The lowest BCUT2D eigenvalue weighted by Crippen LogP contribution is -2.40. The molecule has 1 aromatic rings. The predicted octanol–water partition coefficient (Wildman–Crippen LogP) is -0.526. The average Bonchev–Trinajstić information content (AvgIpc) is 2.26. The van der Waals surface area contributed by atoms with Gasteiger partial charge in [0.05, 0.1) is 30.4 Å². The van der Waals surface area contributed by atoms with Gasteiger partial charge >= 0.3 is 0 Å². The third-order valence-corrected chi connectivity index (χ3v) is 2.11. The number of carbonyl (C=O) groups is 2. The van der Waals surface area contributed by atoms with E-state index in [1.165, 1.54) is 12.1 Å². The van der Waals surface area contributed by atoms with Gasteiger partial charge in [0, 0.05) is 0 Å². The van der Waals surface area contributed by atoms with E-state index in [2.05, 4.69) is 0 Å². The molecular formula is C11H11FN4O2. The standard InChI is InChI=1S/C11H11FN4O2/c12-8-3-7(4-13)1-2-9(8)16(5-10(14)17)6-11(15)18/h1-3H,5-6H2,(H2,14,17)(H2,15,18). The fourth-order valence-corrected chi connectivity index (χ4v) is 1.44. The monoisotopic (exact) mass is 250 g/mol. The van der Waals surface area contributed by atoms with E-state index in [1.54, 1.807) is 6.07 Å². The van der Waals surface area contributed by atoms with Crippen molar-refractivity contribution >= 4 is 17.5 Å². The van der Waals surface area contributed by atoms with Gasteiger partial charge in [-0.25, -0.2) is 4.39 Å². The SMILES string of the molecule is N#Cc1ccc(N(CC(N)=O)CC(N)=O)c(F)c1. The van der Waals surface area contributed by atoms with Gasteiger partial charge in [-0.05, 0) is 18.2 Å². The predicted molar refractivity (Wildman–Crippen MR) is 61.7 cm³/mol. The second-order valence-corrected chi connectivity index (χ2v) is 3.57. The van der Waals surface area contributed by atoms with Gasteiger partial charge in [0.15, 0.2) is 0 Å². The Kier molecular flexibility index (Phi) is 4.21. The van der Waals surface area contributed by atoms with Crippen LogP contribution in [0.4, 0.5) is 10.1 Å². The largest absolute Gasteiger partial charge is 0.368 e. The van der Waals surface area contributed by atoms with Crippen LogP contribution < -0.4 is 16.4 Å². The van der Waals surface area contributed by atoms with Crippen molar-refractivity contribution in [1.82, 2.24) is 0 Å². The zero-order chi connectivity index (χ0) is 13.7.